The predicted octanol–water partition coefficient (Wildman–Crippen LogP) is 2.97. The highest BCUT2D eigenvalue weighted by molar-refractivity contribution is 6.05. The molecule has 0 saturated carbocycles. The van der Waals surface area contributed by atoms with Gasteiger partial charge in [-0.1, -0.05) is 36.4 Å². The summed E-state index contributed by atoms with van der Waals surface area (Å²) in [6, 6.07) is 15.3. The van der Waals surface area contributed by atoms with Crippen molar-refractivity contribution >= 4 is 11.5 Å². The second kappa shape index (κ2) is 6.94. The first-order valence-corrected chi connectivity index (χ1v) is 8.73. The summed E-state index contributed by atoms with van der Waals surface area (Å²) in [5.74, 6) is -0.142. The van der Waals surface area contributed by atoms with Gasteiger partial charge in [-0.15, -0.1) is 0 Å². The number of carboxylic acids is 1. The van der Waals surface area contributed by atoms with E-state index in [-0.39, 0.29) is 6.04 Å². The number of carbonyl (C=O) groups is 1. The third-order valence-corrected chi connectivity index (χ3v) is 5.07. The highest BCUT2D eigenvalue weighted by Crippen LogP contribution is 2.47. The molecule has 2 aliphatic rings. The normalized spacial score (nSPS) is 20.1. The zero-order valence-electron chi connectivity index (χ0n) is 14.6. The summed E-state index contributed by atoms with van der Waals surface area (Å²) >= 11 is 0. The van der Waals surface area contributed by atoms with E-state index in [0.29, 0.717) is 31.9 Å². The summed E-state index contributed by atoms with van der Waals surface area (Å²) < 4.78 is 10.9. The first-order chi connectivity index (χ1) is 12.7. The first-order valence-electron chi connectivity index (χ1n) is 8.73. The van der Waals surface area contributed by atoms with Gasteiger partial charge in [0.15, 0.2) is 0 Å². The molecule has 0 aromatic heterocycles. The first kappa shape index (κ1) is 16.8. The molecule has 1 saturated heterocycles. The Bertz CT molecular complexity index is 854. The molecule has 26 heavy (non-hydrogen) atoms. The standard InChI is InChI=1S/C21H21NO4/c1-25-15-7-8-16-17(13-15)20(22-9-11-26-12-10-22)19(21(23)24)18(16)14-5-3-2-4-6-14/h2-8,13,20H,9-12H2,1H3,(H,23,24). The zero-order chi connectivity index (χ0) is 18.1. The second-order valence-electron chi connectivity index (χ2n) is 6.46. The Hall–Kier alpha value is -2.63. The Balaban J connectivity index is 1.93. The molecule has 0 amide bonds. The van der Waals surface area contributed by atoms with Gasteiger partial charge in [0.1, 0.15) is 5.75 Å². The predicted molar refractivity (Wildman–Crippen MR) is 98.2 cm³/mol. The van der Waals surface area contributed by atoms with E-state index in [1.807, 2.05) is 48.5 Å². The fourth-order valence-corrected chi connectivity index (χ4v) is 3.91. The summed E-state index contributed by atoms with van der Waals surface area (Å²) in [7, 11) is 1.63. The molecule has 1 fully saturated rings. The molecule has 1 heterocycles. The molecule has 1 unspecified atom stereocenters. The number of carboxylic acid groups (broad SMARTS) is 1. The maximum Gasteiger partial charge on any atom is 0.334 e. The number of methoxy groups -OCH3 is 1. The molecular formula is C21H21NO4. The molecule has 0 radical (unpaired) electrons. The lowest BCUT2D eigenvalue weighted by molar-refractivity contribution is -0.133. The van der Waals surface area contributed by atoms with Crippen LogP contribution in [0.4, 0.5) is 0 Å². The van der Waals surface area contributed by atoms with Gasteiger partial charge in [-0.2, -0.15) is 0 Å². The van der Waals surface area contributed by atoms with Gasteiger partial charge in [-0.25, -0.2) is 4.79 Å². The highest BCUT2D eigenvalue weighted by atomic mass is 16.5. The summed E-state index contributed by atoms with van der Waals surface area (Å²) in [5.41, 5.74) is 4.11. The van der Waals surface area contributed by atoms with E-state index in [4.69, 9.17) is 9.47 Å². The molecule has 1 N–H and O–H groups in total. The van der Waals surface area contributed by atoms with Crippen molar-refractivity contribution in [2.24, 2.45) is 0 Å². The number of fused-ring (bicyclic) bond motifs is 1. The molecule has 0 bridgehead atoms. The number of nitrogens with zero attached hydrogens (tertiary/aromatic N) is 1. The lowest BCUT2D eigenvalue weighted by Gasteiger charge is -2.33. The van der Waals surface area contributed by atoms with Crippen molar-refractivity contribution in [2.45, 2.75) is 6.04 Å². The van der Waals surface area contributed by atoms with Crippen molar-refractivity contribution in [3.63, 3.8) is 0 Å². The van der Waals surface area contributed by atoms with E-state index in [9.17, 15) is 9.90 Å². The van der Waals surface area contributed by atoms with E-state index < -0.39 is 5.97 Å². The number of morpholine rings is 1. The molecule has 2 aromatic carbocycles. The van der Waals surface area contributed by atoms with Crippen LogP contribution >= 0.6 is 0 Å². The van der Waals surface area contributed by atoms with Crippen LogP contribution in [0.1, 0.15) is 22.7 Å². The van der Waals surface area contributed by atoms with Crippen LogP contribution in [0.25, 0.3) is 5.57 Å². The third kappa shape index (κ3) is 2.79. The Morgan fingerprint density at radius 1 is 1.15 bits per heavy atom. The topological polar surface area (TPSA) is 59.0 Å². The van der Waals surface area contributed by atoms with Crippen LogP contribution in [0.3, 0.4) is 0 Å². The minimum atomic E-state index is -0.879. The van der Waals surface area contributed by atoms with E-state index in [2.05, 4.69) is 4.90 Å². The van der Waals surface area contributed by atoms with Gasteiger partial charge in [0.2, 0.25) is 0 Å². The SMILES string of the molecule is COc1ccc2c(c1)C(N1CCOCC1)C(C(=O)O)=C2c1ccccc1. The highest BCUT2D eigenvalue weighted by Gasteiger charge is 2.40. The van der Waals surface area contributed by atoms with Crippen LogP contribution in [0.2, 0.25) is 0 Å². The van der Waals surface area contributed by atoms with E-state index in [1.165, 1.54) is 0 Å². The maximum absolute atomic E-state index is 12.3. The average molecular weight is 351 g/mol. The minimum Gasteiger partial charge on any atom is -0.497 e. The number of hydrogen-bond donors (Lipinski definition) is 1. The van der Waals surface area contributed by atoms with Gasteiger partial charge >= 0.3 is 5.97 Å². The molecule has 5 nitrogen and oxygen atoms in total. The maximum atomic E-state index is 12.3. The smallest absolute Gasteiger partial charge is 0.334 e. The van der Waals surface area contributed by atoms with Gasteiger partial charge < -0.3 is 14.6 Å². The fraction of sp³-hybridized carbons (Fsp3) is 0.286. The average Bonchev–Trinajstić information content (AvgIpc) is 3.04. The van der Waals surface area contributed by atoms with Crippen LogP contribution in [0, 0.1) is 0 Å². The number of hydrogen-bond acceptors (Lipinski definition) is 4. The van der Waals surface area contributed by atoms with E-state index >= 15 is 0 Å². The van der Waals surface area contributed by atoms with Crippen molar-refractivity contribution in [3.05, 3.63) is 70.8 Å². The fourth-order valence-electron chi connectivity index (χ4n) is 3.91. The third-order valence-electron chi connectivity index (χ3n) is 5.07. The largest absolute Gasteiger partial charge is 0.497 e. The monoisotopic (exact) mass is 351 g/mol. The van der Waals surface area contributed by atoms with E-state index in [1.54, 1.807) is 7.11 Å². The summed E-state index contributed by atoms with van der Waals surface area (Å²) in [6.07, 6.45) is 0. The molecule has 0 spiro atoms. The van der Waals surface area contributed by atoms with Crippen molar-refractivity contribution in [3.8, 4) is 5.75 Å². The van der Waals surface area contributed by atoms with Crippen molar-refractivity contribution in [1.82, 2.24) is 4.90 Å². The van der Waals surface area contributed by atoms with Crippen molar-refractivity contribution in [1.29, 1.82) is 0 Å². The number of benzene rings is 2. The van der Waals surface area contributed by atoms with Crippen molar-refractivity contribution in [2.75, 3.05) is 33.4 Å². The van der Waals surface area contributed by atoms with E-state index in [0.717, 1.165) is 28.0 Å². The van der Waals surface area contributed by atoms with Gasteiger partial charge in [-0.3, -0.25) is 4.90 Å². The molecule has 1 aliphatic heterocycles. The molecular weight excluding hydrogens is 330 g/mol. The number of rotatable bonds is 4. The molecule has 134 valence electrons. The quantitative estimate of drug-likeness (QED) is 0.918. The molecule has 5 heteroatoms. The van der Waals surface area contributed by atoms with Crippen LogP contribution < -0.4 is 4.74 Å². The summed E-state index contributed by atoms with van der Waals surface area (Å²) in [6.45, 7) is 2.65. The molecule has 2 aromatic rings. The Morgan fingerprint density at radius 3 is 2.54 bits per heavy atom. The molecule has 1 atom stereocenters. The zero-order valence-corrected chi connectivity index (χ0v) is 14.6. The lowest BCUT2D eigenvalue weighted by Crippen LogP contribution is -2.40. The summed E-state index contributed by atoms with van der Waals surface area (Å²) in [5, 5.41) is 10.1. The van der Waals surface area contributed by atoms with Gasteiger partial charge in [-0.05, 0) is 28.8 Å². The Kier molecular flexibility index (Phi) is 4.49. The molecule has 1 aliphatic carbocycles. The van der Waals surface area contributed by atoms with Gasteiger partial charge in [0.05, 0.1) is 31.9 Å². The summed E-state index contributed by atoms with van der Waals surface area (Å²) in [4.78, 5) is 14.5. The van der Waals surface area contributed by atoms with Gasteiger partial charge in [0.25, 0.3) is 0 Å². The Morgan fingerprint density at radius 2 is 1.88 bits per heavy atom. The molecule has 4 rings (SSSR count). The Labute approximate surface area is 152 Å². The lowest BCUT2D eigenvalue weighted by atomic mass is 9.97. The minimum absolute atomic E-state index is 0.295. The number of aliphatic carboxylic acids is 1. The van der Waals surface area contributed by atoms with Gasteiger partial charge in [0, 0.05) is 18.7 Å². The van der Waals surface area contributed by atoms with Crippen LogP contribution in [-0.2, 0) is 9.53 Å². The number of ether oxygens (including phenoxy) is 2. The second-order valence-corrected chi connectivity index (χ2v) is 6.46. The van der Waals surface area contributed by atoms with Crippen LogP contribution in [-0.4, -0.2) is 49.4 Å². The van der Waals surface area contributed by atoms with Crippen LogP contribution in [0.15, 0.2) is 54.1 Å². The van der Waals surface area contributed by atoms with Crippen molar-refractivity contribution < 1.29 is 19.4 Å². The van der Waals surface area contributed by atoms with Crippen LogP contribution in [0.5, 0.6) is 5.75 Å².